The smallest absolute Gasteiger partial charge is 0.307 e. The summed E-state index contributed by atoms with van der Waals surface area (Å²) >= 11 is -1.22. The average Bonchev–Trinajstić information content (AvgIpc) is 3.34. The number of Topliss-reactive ketones (excluding diaryl/α,β-unsaturated/α-hetero) is 1. The van der Waals surface area contributed by atoms with E-state index in [0.717, 1.165) is 27.8 Å². The van der Waals surface area contributed by atoms with Crippen LogP contribution in [0.5, 0.6) is 5.75 Å². The molecule has 2 heterocycles. The van der Waals surface area contributed by atoms with E-state index in [-0.39, 0.29) is 23.6 Å². The number of nitrogens with one attached hydrogen (secondary N) is 1. The molecule has 0 aliphatic carbocycles. The second kappa shape index (κ2) is 11.4. The van der Waals surface area contributed by atoms with Crippen LogP contribution in [0.1, 0.15) is 54.9 Å². The van der Waals surface area contributed by atoms with Gasteiger partial charge in [0.05, 0.1) is 24.9 Å². The van der Waals surface area contributed by atoms with E-state index in [1.54, 1.807) is 30.7 Å². The second-order valence-electron chi connectivity index (χ2n) is 9.96. The van der Waals surface area contributed by atoms with E-state index in [2.05, 4.69) is 9.71 Å². The van der Waals surface area contributed by atoms with Crippen molar-refractivity contribution in [1.29, 1.82) is 0 Å². The summed E-state index contributed by atoms with van der Waals surface area (Å²) in [6.45, 7) is 7.67. The number of furan rings is 1. The molecule has 0 saturated carbocycles. The highest BCUT2D eigenvalue weighted by molar-refractivity contribution is 7.90. The van der Waals surface area contributed by atoms with E-state index in [9.17, 15) is 19.2 Å². The third kappa shape index (κ3) is 6.61. The molecule has 0 saturated heterocycles. The number of hydrogen-bond donors (Lipinski definition) is 2. The van der Waals surface area contributed by atoms with Crippen LogP contribution in [0.4, 0.5) is 0 Å². The van der Waals surface area contributed by atoms with Crippen molar-refractivity contribution in [2.45, 2.75) is 52.0 Å². The molecule has 0 aliphatic rings. The van der Waals surface area contributed by atoms with Crippen LogP contribution in [0.15, 0.2) is 65.4 Å². The standard InChI is InChI=1S/C29H30N2O6S/c1-18(32)20-5-6-22(15-27(33)34)26(14-20)37-17-19-11-23-8-10-36-28(23)25(12-19)21-7-9-30-24(13-21)16-31-38(35)29(2,3)4/h5-14,31H,15-17H2,1-4H3,(H,33,34)/t38-/m0/s1. The van der Waals surface area contributed by atoms with Gasteiger partial charge in [-0.2, -0.15) is 0 Å². The summed E-state index contributed by atoms with van der Waals surface area (Å²) in [5.74, 6) is -0.756. The summed E-state index contributed by atoms with van der Waals surface area (Å²) < 4.78 is 26.9. The number of fused-ring (bicyclic) bond motifs is 1. The van der Waals surface area contributed by atoms with Crippen molar-refractivity contribution in [2.75, 3.05) is 0 Å². The predicted molar refractivity (Wildman–Crippen MR) is 146 cm³/mol. The van der Waals surface area contributed by atoms with Crippen molar-refractivity contribution < 1.29 is 28.4 Å². The molecule has 0 fully saturated rings. The average molecular weight is 535 g/mol. The van der Waals surface area contributed by atoms with Gasteiger partial charge in [-0.3, -0.25) is 14.6 Å². The van der Waals surface area contributed by atoms with E-state index in [4.69, 9.17) is 9.15 Å². The Kier molecular flexibility index (Phi) is 8.20. The lowest BCUT2D eigenvalue weighted by molar-refractivity contribution is -0.136. The molecule has 2 aromatic carbocycles. The van der Waals surface area contributed by atoms with Gasteiger partial charge in [0, 0.05) is 39.6 Å². The van der Waals surface area contributed by atoms with Gasteiger partial charge in [-0.05, 0) is 75.2 Å². The summed E-state index contributed by atoms with van der Waals surface area (Å²) in [5.41, 5.74) is 4.95. The predicted octanol–water partition coefficient (Wildman–Crippen LogP) is 5.46. The first-order valence-corrected chi connectivity index (χ1v) is 13.3. The van der Waals surface area contributed by atoms with Gasteiger partial charge in [0.1, 0.15) is 22.7 Å². The van der Waals surface area contributed by atoms with Gasteiger partial charge in [-0.1, -0.05) is 12.1 Å². The molecule has 2 aromatic heterocycles. The number of aliphatic carboxylic acids is 1. The first kappa shape index (κ1) is 27.4. The zero-order valence-corrected chi connectivity index (χ0v) is 22.6. The van der Waals surface area contributed by atoms with Gasteiger partial charge in [0.25, 0.3) is 0 Å². The number of carboxylic acid groups (broad SMARTS) is 1. The maximum atomic E-state index is 12.4. The lowest BCUT2D eigenvalue weighted by Crippen LogP contribution is -2.39. The van der Waals surface area contributed by atoms with Gasteiger partial charge in [0.15, 0.2) is 5.78 Å². The van der Waals surface area contributed by atoms with E-state index in [1.807, 2.05) is 51.1 Å². The number of pyridine rings is 1. The first-order chi connectivity index (χ1) is 18.0. The molecule has 0 unspecified atom stereocenters. The molecule has 2 N–H and O–H groups in total. The van der Waals surface area contributed by atoms with Crippen molar-refractivity contribution in [2.24, 2.45) is 0 Å². The number of benzene rings is 2. The molecule has 0 spiro atoms. The number of ketones is 1. The van der Waals surface area contributed by atoms with Gasteiger partial charge in [-0.25, -0.2) is 0 Å². The third-order valence-electron chi connectivity index (χ3n) is 5.89. The molecular weight excluding hydrogens is 504 g/mol. The van der Waals surface area contributed by atoms with Crippen LogP contribution >= 0.6 is 0 Å². The minimum absolute atomic E-state index is 0.131. The van der Waals surface area contributed by atoms with Crippen LogP contribution in [-0.2, 0) is 35.7 Å². The maximum absolute atomic E-state index is 12.4. The largest absolute Gasteiger partial charge is 0.598 e. The zero-order chi connectivity index (χ0) is 27.4. The maximum Gasteiger partial charge on any atom is 0.307 e. The quantitative estimate of drug-likeness (QED) is 0.203. The number of carboxylic acids is 1. The molecule has 4 aromatic rings. The van der Waals surface area contributed by atoms with Crippen LogP contribution in [-0.4, -0.2) is 31.1 Å². The van der Waals surface area contributed by atoms with Crippen LogP contribution < -0.4 is 9.46 Å². The Bertz CT molecular complexity index is 1470. The zero-order valence-electron chi connectivity index (χ0n) is 21.7. The molecule has 0 radical (unpaired) electrons. The molecule has 0 amide bonds. The topological polar surface area (TPSA) is 125 Å². The molecule has 9 heteroatoms. The summed E-state index contributed by atoms with van der Waals surface area (Å²) in [5, 5.41) is 10.2. The van der Waals surface area contributed by atoms with E-state index in [1.165, 1.54) is 6.92 Å². The third-order valence-corrected chi connectivity index (χ3v) is 7.41. The molecular formula is C29H30N2O6S. The SMILES string of the molecule is CC(=O)c1ccc(CC(=O)O)c(OCc2cc(-c3ccnc(CN[S@@+]([O-])C(C)(C)C)c3)c3occc3c2)c1. The molecule has 8 nitrogen and oxygen atoms in total. The van der Waals surface area contributed by atoms with E-state index < -0.39 is 17.3 Å². The van der Waals surface area contributed by atoms with Gasteiger partial charge in [0.2, 0.25) is 0 Å². The number of ether oxygens (including phenoxy) is 1. The Labute approximate surface area is 224 Å². The Morgan fingerprint density at radius 1 is 1.13 bits per heavy atom. The number of carbonyl (C=O) groups excluding carboxylic acids is 1. The highest BCUT2D eigenvalue weighted by Crippen LogP contribution is 2.32. The lowest BCUT2D eigenvalue weighted by Gasteiger charge is -2.23. The molecule has 0 bridgehead atoms. The fourth-order valence-electron chi connectivity index (χ4n) is 3.92. The normalized spacial score (nSPS) is 12.4. The minimum Gasteiger partial charge on any atom is -0.598 e. The fourth-order valence-corrected chi connectivity index (χ4v) is 4.63. The number of hydrogen-bond acceptors (Lipinski definition) is 7. The lowest BCUT2D eigenvalue weighted by atomic mass is 10.0. The monoisotopic (exact) mass is 534 g/mol. The van der Waals surface area contributed by atoms with Gasteiger partial charge in [-0.15, -0.1) is 4.72 Å². The van der Waals surface area contributed by atoms with Crippen LogP contribution in [0.25, 0.3) is 22.1 Å². The highest BCUT2D eigenvalue weighted by atomic mass is 32.2. The Morgan fingerprint density at radius 3 is 2.63 bits per heavy atom. The van der Waals surface area contributed by atoms with Gasteiger partial charge >= 0.3 is 5.97 Å². The Hall–Kier alpha value is -3.66. The van der Waals surface area contributed by atoms with Crippen LogP contribution in [0.2, 0.25) is 0 Å². The number of carbonyl (C=O) groups is 2. The van der Waals surface area contributed by atoms with Crippen LogP contribution in [0, 0.1) is 0 Å². The fraction of sp³-hybridized carbons (Fsp3) is 0.276. The van der Waals surface area contributed by atoms with Gasteiger partial charge < -0.3 is 18.8 Å². The Balaban J connectivity index is 1.62. The van der Waals surface area contributed by atoms with Crippen molar-refractivity contribution in [3.8, 4) is 16.9 Å². The summed E-state index contributed by atoms with van der Waals surface area (Å²) in [7, 11) is 0. The first-order valence-electron chi connectivity index (χ1n) is 12.1. The summed E-state index contributed by atoms with van der Waals surface area (Å²) in [4.78, 5) is 27.6. The Morgan fingerprint density at radius 2 is 1.92 bits per heavy atom. The molecule has 38 heavy (non-hydrogen) atoms. The van der Waals surface area contributed by atoms with E-state index in [0.29, 0.717) is 29.0 Å². The number of rotatable bonds is 10. The van der Waals surface area contributed by atoms with Crippen molar-refractivity contribution in [3.05, 3.63) is 83.4 Å². The highest BCUT2D eigenvalue weighted by Gasteiger charge is 2.26. The van der Waals surface area contributed by atoms with Crippen molar-refractivity contribution in [3.63, 3.8) is 0 Å². The van der Waals surface area contributed by atoms with Crippen molar-refractivity contribution >= 4 is 34.1 Å². The molecule has 1 atom stereocenters. The summed E-state index contributed by atoms with van der Waals surface area (Å²) in [6.07, 6.45) is 3.11. The number of aromatic nitrogens is 1. The minimum atomic E-state index is -1.22. The molecule has 4 rings (SSSR count). The molecule has 198 valence electrons. The molecule has 0 aliphatic heterocycles. The number of nitrogens with zero attached hydrogens (tertiary/aromatic N) is 1. The second-order valence-corrected chi connectivity index (χ2v) is 12.0. The van der Waals surface area contributed by atoms with Crippen molar-refractivity contribution in [1.82, 2.24) is 9.71 Å². The summed E-state index contributed by atoms with van der Waals surface area (Å²) in [6, 6.07) is 14.4. The van der Waals surface area contributed by atoms with Crippen LogP contribution in [0.3, 0.4) is 0 Å². The van der Waals surface area contributed by atoms with E-state index >= 15 is 0 Å².